The summed E-state index contributed by atoms with van der Waals surface area (Å²) in [4.78, 5) is 0. The minimum absolute atomic E-state index is 0.605. The molecule has 0 radical (unpaired) electrons. The molecule has 1 fully saturated rings. The molecule has 0 atom stereocenters. The average Bonchev–Trinajstić information content (AvgIpc) is 2.32. The Hall–Kier alpha value is -1.22. The molecular formula is C13H19NO2. The molecule has 16 heavy (non-hydrogen) atoms. The summed E-state index contributed by atoms with van der Waals surface area (Å²) in [6, 6.07) is 5.91. The van der Waals surface area contributed by atoms with Gasteiger partial charge in [0.1, 0.15) is 5.75 Å². The molecule has 0 saturated carbocycles. The van der Waals surface area contributed by atoms with E-state index in [4.69, 9.17) is 15.2 Å². The van der Waals surface area contributed by atoms with Gasteiger partial charge in [0.05, 0.1) is 12.3 Å². The molecule has 2 N–H and O–H groups in total. The first kappa shape index (κ1) is 11.3. The smallest absolute Gasteiger partial charge is 0.142 e. The summed E-state index contributed by atoms with van der Waals surface area (Å²) in [6.45, 7) is 4.46. The van der Waals surface area contributed by atoms with Gasteiger partial charge in [-0.1, -0.05) is 12.1 Å². The fourth-order valence-corrected chi connectivity index (χ4v) is 1.90. The van der Waals surface area contributed by atoms with E-state index in [1.165, 1.54) is 0 Å². The van der Waals surface area contributed by atoms with Gasteiger partial charge in [0.2, 0.25) is 0 Å². The Labute approximate surface area is 96.5 Å². The maximum atomic E-state index is 5.95. The lowest BCUT2D eigenvalue weighted by Crippen LogP contribution is -2.21. The predicted octanol–water partition coefficient (Wildman–Crippen LogP) is 2.38. The van der Waals surface area contributed by atoms with Crippen molar-refractivity contribution in [1.82, 2.24) is 0 Å². The lowest BCUT2D eigenvalue weighted by atomic mass is 10.0. The van der Waals surface area contributed by atoms with Crippen molar-refractivity contribution in [3.63, 3.8) is 0 Å². The highest BCUT2D eigenvalue weighted by molar-refractivity contribution is 5.57. The minimum atomic E-state index is 0.605. The molecule has 0 aromatic heterocycles. The minimum Gasteiger partial charge on any atom is -0.491 e. The molecular weight excluding hydrogens is 202 g/mol. The third kappa shape index (κ3) is 2.67. The zero-order valence-electron chi connectivity index (χ0n) is 9.74. The topological polar surface area (TPSA) is 44.5 Å². The number of ether oxygens (including phenoxy) is 2. The number of benzene rings is 1. The van der Waals surface area contributed by atoms with Gasteiger partial charge in [-0.05, 0) is 37.3 Å². The van der Waals surface area contributed by atoms with Crippen LogP contribution in [0, 0.1) is 12.8 Å². The number of rotatable bonds is 3. The molecule has 88 valence electrons. The number of nitrogens with two attached hydrogens (primary N) is 1. The number of hydrogen-bond acceptors (Lipinski definition) is 3. The second-order valence-electron chi connectivity index (χ2n) is 4.35. The molecule has 2 rings (SSSR count). The monoisotopic (exact) mass is 221 g/mol. The highest BCUT2D eigenvalue weighted by Crippen LogP contribution is 2.25. The van der Waals surface area contributed by atoms with Crippen molar-refractivity contribution in [2.45, 2.75) is 19.8 Å². The molecule has 0 unspecified atom stereocenters. The summed E-state index contributed by atoms with van der Waals surface area (Å²) in [7, 11) is 0. The lowest BCUT2D eigenvalue weighted by Gasteiger charge is -2.22. The number of anilines is 1. The van der Waals surface area contributed by atoms with E-state index < -0.39 is 0 Å². The molecule has 0 aliphatic carbocycles. The summed E-state index contributed by atoms with van der Waals surface area (Å²) in [5.41, 5.74) is 7.78. The van der Waals surface area contributed by atoms with E-state index >= 15 is 0 Å². The first-order valence-corrected chi connectivity index (χ1v) is 5.83. The Kier molecular flexibility index (Phi) is 3.67. The molecule has 1 aliphatic heterocycles. The van der Waals surface area contributed by atoms with Gasteiger partial charge >= 0.3 is 0 Å². The summed E-state index contributed by atoms with van der Waals surface area (Å²) in [6.07, 6.45) is 2.18. The summed E-state index contributed by atoms with van der Waals surface area (Å²) < 4.78 is 11.1. The van der Waals surface area contributed by atoms with Crippen molar-refractivity contribution in [2.24, 2.45) is 5.92 Å². The molecule has 1 heterocycles. The van der Waals surface area contributed by atoms with Gasteiger partial charge in [-0.15, -0.1) is 0 Å². The second kappa shape index (κ2) is 5.21. The molecule has 3 nitrogen and oxygen atoms in total. The standard InChI is InChI=1S/C13H19NO2/c1-10-3-2-4-12(13(10)14)16-9-11-5-7-15-8-6-11/h2-4,11H,5-9,14H2,1H3. The third-order valence-electron chi connectivity index (χ3n) is 3.10. The number of nitrogen functional groups attached to an aromatic ring is 1. The van der Waals surface area contributed by atoms with Gasteiger partial charge in [0.25, 0.3) is 0 Å². The number of para-hydroxylation sites is 1. The second-order valence-corrected chi connectivity index (χ2v) is 4.35. The van der Waals surface area contributed by atoms with Gasteiger partial charge in [0, 0.05) is 13.2 Å². The van der Waals surface area contributed by atoms with Crippen LogP contribution in [-0.2, 0) is 4.74 Å². The maximum absolute atomic E-state index is 5.95. The largest absolute Gasteiger partial charge is 0.491 e. The molecule has 0 amide bonds. The van der Waals surface area contributed by atoms with Gasteiger partial charge in [-0.2, -0.15) is 0 Å². The zero-order valence-corrected chi connectivity index (χ0v) is 9.74. The fourth-order valence-electron chi connectivity index (χ4n) is 1.90. The fraction of sp³-hybridized carbons (Fsp3) is 0.538. The van der Waals surface area contributed by atoms with Crippen molar-refractivity contribution < 1.29 is 9.47 Å². The van der Waals surface area contributed by atoms with Crippen molar-refractivity contribution in [1.29, 1.82) is 0 Å². The van der Waals surface area contributed by atoms with Crippen LogP contribution in [0.3, 0.4) is 0 Å². The van der Waals surface area contributed by atoms with E-state index in [0.717, 1.165) is 49.7 Å². The highest BCUT2D eigenvalue weighted by Gasteiger charge is 2.15. The lowest BCUT2D eigenvalue weighted by molar-refractivity contribution is 0.0499. The molecule has 1 saturated heterocycles. The molecule has 0 spiro atoms. The van der Waals surface area contributed by atoms with Crippen molar-refractivity contribution in [2.75, 3.05) is 25.6 Å². The van der Waals surface area contributed by atoms with Gasteiger partial charge in [0.15, 0.2) is 0 Å². The highest BCUT2D eigenvalue weighted by atomic mass is 16.5. The summed E-state index contributed by atoms with van der Waals surface area (Å²) in [5.74, 6) is 1.42. The molecule has 3 heteroatoms. The van der Waals surface area contributed by atoms with Crippen LogP contribution in [0.15, 0.2) is 18.2 Å². The van der Waals surface area contributed by atoms with Crippen LogP contribution < -0.4 is 10.5 Å². The Morgan fingerprint density at radius 2 is 2.12 bits per heavy atom. The van der Waals surface area contributed by atoms with Crippen LogP contribution >= 0.6 is 0 Å². The Morgan fingerprint density at radius 1 is 1.38 bits per heavy atom. The Balaban J connectivity index is 1.91. The maximum Gasteiger partial charge on any atom is 0.142 e. The van der Waals surface area contributed by atoms with Crippen molar-refractivity contribution in [3.8, 4) is 5.75 Å². The number of hydrogen-bond donors (Lipinski definition) is 1. The SMILES string of the molecule is Cc1cccc(OCC2CCOCC2)c1N. The van der Waals surface area contributed by atoms with E-state index in [2.05, 4.69) is 0 Å². The van der Waals surface area contributed by atoms with Crippen LogP contribution in [0.4, 0.5) is 5.69 Å². The van der Waals surface area contributed by atoms with E-state index in [1.807, 2.05) is 25.1 Å². The van der Waals surface area contributed by atoms with Crippen molar-refractivity contribution in [3.05, 3.63) is 23.8 Å². The van der Waals surface area contributed by atoms with Crippen molar-refractivity contribution >= 4 is 5.69 Å². The quantitative estimate of drug-likeness (QED) is 0.797. The summed E-state index contributed by atoms with van der Waals surface area (Å²) in [5, 5.41) is 0. The Morgan fingerprint density at radius 3 is 2.88 bits per heavy atom. The third-order valence-corrected chi connectivity index (χ3v) is 3.10. The Bertz CT molecular complexity index is 346. The van der Waals surface area contributed by atoms with Gasteiger partial charge < -0.3 is 15.2 Å². The molecule has 1 aliphatic rings. The molecule has 1 aromatic rings. The van der Waals surface area contributed by atoms with Gasteiger partial charge in [-0.3, -0.25) is 0 Å². The molecule has 1 aromatic carbocycles. The average molecular weight is 221 g/mol. The van der Waals surface area contributed by atoms with E-state index in [1.54, 1.807) is 0 Å². The van der Waals surface area contributed by atoms with E-state index in [9.17, 15) is 0 Å². The van der Waals surface area contributed by atoms with Crippen LogP contribution in [0.25, 0.3) is 0 Å². The van der Waals surface area contributed by atoms with E-state index in [0.29, 0.717) is 5.92 Å². The predicted molar refractivity (Wildman–Crippen MR) is 64.6 cm³/mol. The molecule has 0 bridgehead atoms. The van der Waals surface area contributed by atoms with Crippen LogP contribution in [0.2, 0.25) is 0 Å². The zero-order chi connectivity index (χ0) is 11.4. The first-order chi connectivity index (χ1) is 7.77. The van der Waals surface area contributed by atoms with Gasteiger partial charge in [-0.25, -0.2) is 0 Å². The van der Waals surface area contributed by atoms with Crippen LogP contribution in [-0.4, -0.2) is 19.8 Å². The van der Waals surface area contributed by atoms with Crippen LogP contribution in [0.5, 0.6) is 5.75 Å². The summed E-state index contributed by atoms with van der Waals surface area (Å²) >= 11 is 0. The van der Waals surface area contributed by atoms with Crippen LogP contribution in [0.1, 0.15) is 18.4 Å². The normalized spacial score (nSPS) is 17.3. The number of aryl methyl sites for hydroxylation is 1. The first-order valence-electron chi connectivity index (χ1n) is 5.83. The van der Waals surface area contributed by atoms with E-state index in [-0.39, 0.29) is 0 Å².